The van der Waals surface area contributed by atoms with E-state index in [1.54, 1.807) is 0 Å². The molecule has 1 fully saturated rings. The van der Waals surface area contributed by atoms with Crippen LogP contribution < -0.4 is 0 Å². The first kappa shape index (κ1) is 11.0. The molecule has 2 atom stereocenters. The zero-order valence-electron chi connectivity index (χ0n) is 9.03. The van der Waals surface area contributed by atoms with E-state index in [2.05, 4.69) is 23.9 Å². The van der Waals surface area contributed by atoms with Crippen molar-refractivity contribution < 1.29 is 5.11 Å². The average Bonchev–Trinajstić information content (AvgIpc) is 2.34. The normalized spacial score (nSPS) is 27.0. The number of nitrogens with zero attached hydrogens (tertiary/aromatic N) is 2. The fraction of sp³-hybridized carbons (Fsp3) is 1.00. The average molecular weight is 186 g/mol. The van der Waals surface area contributed by atoms with Crippen LogP contribution in [0.1, 0.15) is 19.8 Å². The molecule has 1 N–H and O–H groups in total. The second-order valence-electron chi connectivity index (χ2n) is 4.40. The lowest BCUT2D eigenvalue weighted by molar-refractivity contribution is 0.110. The molecule has 0 aromatic rings. The van der Waals surface area contributed by atoms with Crippen molar-refractivity contribution >= 4 is 0 Å². The smallest absolute Gasteiger partial charge is 0.0639 e. The van der Waals surface area contributed by atoms with Gasteiger partial charge in [-0.25, -0.2) is 0 Å². The van der Waals surface area contributed by atoms with Crippen LogP contribution in [0.25, 0.3) is 0 Å². The van der Waals surface area contributed by atoms with Crippen LogP contribution in [0.15, 0.2) is 0 Å². The van der Waals surface area contributed by atoms with Gasteiger partial charge in [0.15, 0.2) is 0 Å². The van der Waals surface area contributed by atoms with E-state index in [-0.39, 0.29) is 6.10 Å². The highest BCUT2D eigenvalue weighted by Gasteiger charge is 2.25. The molecule has 0 aromatic carbocycles. The Kier molecular flexibility index (Phi) is 4.16. The summed E-state index contributed by atoms with van der Waals surface area (Å²) in [4.78, 5) is 4.63. The number of aliphatic hydroxyl groups is 1. The molecule has 1 aliphatic heterocycles. The largest absolute Gasteiger partial charge is 0.392 e. The monoisotopic (exact) mass is 186 g/mol. The molecule has 0 aromatic heterocycles. The fourth-order valence-electron chi connectivity index (χ4n) is 2.10. The summed E-state index contributed by atoms with van der Waals surface area (Å²) in [5.41, 5.74) is 0. The maximum Gasteiger partial charge on any atom is 0.0639 e. The third-order valence-corrected chi connectivity index (χ3v) is 2.57. The van der Waals surface area contributed by atoms with Gasteiger partial charge >= 0.3 is 0 Å². The van der Waals surface area contributed by atoms with Crippen LogP contribution in [0.4, 0.5) is 0 Å². The highest BCUT2D eigenvalue weighted by Crippen LogP contribution is 2.17. The first-order chi connectivity index (χ1) is 6.09. The van der Waals surface area contributed by atoms with Gasteiger partial charge < -0.3 is 10.0 Å². The van der Waals surface area contributed by atoms with E-state index >= 15 is 0 Å². The number of hydrogen-bond acceptors (Lipinski definition) is 3. The topological polar surface area (TPSA) is 26.7 Å². The number of rotatable bonds is 4. The Hall–Kier alpha value is -0.120. The van der Waals surface area contributed by atoms with Gasteiger partial charge in [-0.05, 0) is 40.4 Å². The third-order valence-electron chi connectivity index (χ3n) is 2.57. The summed E-state index contributed by atoms with van der Waals surface area (Å²) in [6.45, 7) is 4.97. The molecule has 78 valence electrons. The van der Waals surface area contributed by atoms with E-state index in [0.29, 0.717) is 6.04 Å². The number of aliphatic hydroxyl groups excluding tert-OH is 1. The van der Waals surface area contributed by atoms with Crippen molar-refractivity contribution in [3.63, 3.8) is 0 Å². The molecule has 0 bridgehead atoms. The molecule has 3 nitrogen and oxygen atoms in total. The van der Waals surface area contributed by atoms with Gasteiger partial charge in [-0.2, -0.15) is 0 Å². The summed E-state index contributed by atoms with van der Waals surface area (Å²) in [5, 5.41) is 9.31. The van der Waals surface area contributed by atoms with E-state index in [9.17, 15) is 5.11 Å². The molecule has 1 rings (SSSR count). The molecule has 0 aliphatic carbocycles. The molecule has 3 heteroatoms. The summed E-state index contributed by atoms with van der Waals surface area (Å²) in [6, 6.07) is 0.657. The van der Waals surface area contributed by atoms with E-state index in [0.717, 1.165) is 19.6 Å². The van der Waals surface area contributed by atoms with Crippen molar-refractivity contribution in [1.82, 2.24) is 9.80 Å². The summed E-state index contributed by atoms with van der Waals surface area (Å²) in [5.74, 6) is 0. The van der Waals surface area contributed by atoms with Gasteiger partial charge in [0.2, 0.25) is 0 Å². The zero-order chi connectivity index (χ0) is 9.84. The Balaban J connectivity index is 2.35. The minimum atomic E-state index is -0.192. The van der Waals surface area contributed by atoms with Crippen molar-refractivity contribution in [1.29, 1.82) is 0 Å². The molecule has 1 aliphatic rings. The van der Waals surface area contributed by atoms with Gasteiger partial charge in [0.1, 0.15) is 0 Å². The van der Waals surface area contributed by atoms with Crippen LogP contribution >= 0.6 is 0 Å². The molecule has 0 spiro atoms. The Labute approximate surface area is 81.3 Å². The fourth-order valence-corrected chi connectivity index (χ4v) is 2.10. The Morgan fingerprint density at radius 3 is 2.77 bits per heavy atom. The van der Waals surface area contributed by atoms with Crippen LogP contribution in [0.2, 0.25) is 0 Å². The Morgan fingerprint density at radius 2 is 2.23 bits per heavy atom. The molecular weight excluding hydrogens is 164 g/mol. The summed E-state index contributed by atoms with van der Waals surface area (Å²) < 4.78 is 0. The number of β-amino-alcohol motifs (C(OH)–C–C–N with tert-alkyl or cyclic N) is 1. The standard InChI is InChI=1S/C10H22N2O/c1-9(13)7-12-6-4-5-10(12)8-11(2)3/h9-10,13H,4-8H2,1-3H3/t9-,10?/m1/s1. The molecule has 1 unspecified atom stereocenters. The van der Waals surface area contributed by atoms with Gasteiger partial charge in [-0.3, -0.25) is 4.90 Å². The number of hydrogen-bond donors (Lipinski definition) is 1. The van der Waals surface area contributed by atoms with Crippen LogP contribution in [0, 0.1) is 0 Å². The van der Waals surface area contributed by atoms with Crippen molar-refractivity contribution in [2.24, 2.45) is 0 Å². The highest BCUT2D eigenvalue weighted by atomic mass is 16.3. The number of likely N-dealkylation sites (N-methyl/N-ethyl adjacent to an activating group) is 1. The predicted octanol–water partition coefficient (Wildman–Crippen LogP) is 0.393. The van der Waals surface area contributed by atoms with Crippen LogP contribution in [0.5, 0.6) is 0 Å². The highest BCUT2D eigenvalue weighted by molar-refractivity contribution is 4.81. The van der Waals surface area contributed by atoms with Crippen LogP contribution in [-0.2, 0) is 0 Å². The van der Waals surface area contributed by atoms with Gasteiger partial charge in [0.05, 0.1) is 6.10 Å². The molecule has 0 amide bonds. The van der Waals surface area contributed by atoms with Crippen LogP contribution in [-0.4, -0.2) is 60.8 Å². The van der Waals surface area contributed by atoms with Crippen LogP contribution in [0.3, 0.4) is 0 Å². The first-order valence-electron chi connectivity index (χ1n) is 5.16. The molecule has 0 radical (unpaired) electrons. The maximum absolute atomic E-state index is 9.31. The first-order valence-corrected chi connectivity index (χ1v) is 5.16. The summed E-state index contributed by atoms with van der Waals surface area (Å²) in [6.07, 6.45) is 2.37. The van der Waals surface area contributed by atoms with Crippen molar-refractivity contribution in [3.8, 4) is 0 Å². The minimum Gasteiger partial charge on any atom is -0.392 e. The summed E-state index contributed by atoms with van der Waals surface area (Å²) >= 11 is 0. The SMILES string of the molecule is C[C@@H](O)CN1CCCC1CN(C)C. The van der Waals surface area contributed by atoms with E-state index < -0.39 is 0 Å². The minimum absolute atomic E-state index is 0.192. The molecule has 1 saturated heterocycles. The third kappa shape index (κ3) is 3.63. The van der Waals surface area contributed by atoms with Gasteiger partial charge in [-0.1, -0.05) is 0 Å². The summed E-state index contributed by atoms with van der Waals surface area (Å²) in [7, 11) is 4.22. The van der Waals surface area contributed by atoms with Gasteiger partial charge in [0, 0.05) is 19.1 Å². The molecule has 0 saturated carbocycles. The van der Waals surface area contributed by atoms with E-state index in [1.807, 2.05) is 6.92 Å². The zero-order valence-corrected chi connectivity index (χ0v) is 9.03. The number of likely N-dealkylation sites (tertiary alicyclic amines) is 1. The lowest BCUT2D eigenvalue weighted by Crippen LogP contribution is -2.40. The van der Waals surface area contributed by atoms with Crippen molar-refractivity contribution in [2.45, 2.75) is 31.9 Å². The quantitative estimate of drug-likeness (QED) is 0.688. The Bertz CT molecular complexity index is 132. The maximum atomic E-state index is 9.31. The van der Waals surface area contributed by atoms with Gasteiger partial charge in [-0.15, -0.1) is 0 Å². The van der Waals surface area contributed by atoms with Gasteiger partial charge in [0.25, 0.3) is 0 Å². The molecule has 1 heterocycles. The lowest BCUT2D eigenvalue weighted by Gasteiger charge is -2.27. The molecule has 13 heavy (non-hydrogen) atoms. The lowest BCUT2D eigenvalue weighted by atomic mass is 10.2. The van der Waals surface area contributed by atoms with E-state index in [1.165, 1.54) is 12.8 Å². The second kappa shape index (κ2) is 4.94. The predicted molar refractivity (Wildman–Crippen MR) is 54.8 cm³/mol. The Morgan fingerprint density at radius 1 is 1.54 bits per heavy atom. The van der Waals surface area contributed by atoms with Crippen molar-refractivity contribution in [2.75, 3.05) is 33.7 Å². The second-order valence-corrected chi connectivity index (χ2v) is 4.40. The molecular formula is C10H22N2O. The van der Waals surface area contributed by atoms with Crippen molar-refractivity contribution in [3.05, 3.63) is 0 Å². The van der Waals surface area contributed by atoms with E-state index in [4.69, 9.17) is 0 Å².